The Morgan fingerprint density at radius 3 is 3.05 bits per heavy atom. The molecule has 0 saturated carbocycles. The summed E-state index contributed by atoms with van der Waals surface area (Å²) in [4.78, 5) is 7.17. The van der Waals surface area contributed by atoms with Crippen LogP contribution in [0, 0.1) is 5.41 Å². The Hall–Kier alpha value is 0.0500. The lowest BCUT2D eigenvalue weighted by Gasteiger charge is -2.24. The monoisotopic (exact) mass is 425 g/mol. The molecule has 1 atom stereocenters. The number of hydrogen-bond acceptors (Lipinski definition) is 3. The number of hydrogen-bond donors (Lipinski definition) is 1. The van der Waals surface area contributed by atoms with Gasteiger partial charge in [0.2, 0.25) is 0 Å². The molecule has 2 saturated heterocycles. The van der Waals surface area contributed by atoms with Crippen LogP contribution in [0.25, 0.3) is 0 Å². The molecule has 0 radical (unpaired) electrons. The molecule has 122 valence electrons. The quantitative estimate of drug-likeness (QED) is 0.233. The van der Waals surface area contributed by atoms with Gasteiger partial charge in [-0.2, -0.15) is 11.8 Å². The van der Waals surface area contributed by atoms with Crippen LogP contribution in [0.2, 0.25) is 0 Å². The second-order valence-electron chi connectivity index (χ2n) is 5.57. The SMILES string of the molecule is C=CCSCCN=C(NCC)N1CCC2(CCOC2)C1.I. The molecule has 0 aromatic rings. The summed E-state index contributed by atoms with van der Waals surface area (Å²) >= 11 is 1.88. The number of aliphatic imine (C=N–C) groups is 1. The molecule has 1 spiro atoms. The highest BCUT2D eigenvalue weighted by Crippen LogP contribution is 2.38. The minimum Gasteiger partial charge on any atom is -0.381 e. The zero-order valence-electron chi connectivity index (χ0n) is 13.0. The molecule has 4 nitrogen and oxygen atoms in total. The molecule has 0 bridgehead atoms. The van der Waals surface area contributed by atoms with E-state index in [4.69, 9.17) is 9.73 Å². The third-order valence-corrected chi connectivity index (χ3v) is 4.93. The number of rotatable bonds is 6. The summed E-state index contributed by atoms with van der Waals surface area (Å²) in [6.45, 7) is 11.7. The topological polar surface area (TPSA) is 36.9 Å². The molecular weight excluding hydrogens is 397 g/mol. The third kappa shape index (κ3) is 5.63. The van der Waals surface area contributed by atoms with Gasteiger partial charge in [0.25, 0.3) is 0 Å². The first-order valence-corrected chi connectivity index (χ1v) is 8.75. The second kappa shape index (κ2) is 9.94. The zero-order chi connectivity index (χ0) is 14.3. The van der Waals surface area contributed by atoms with E-state index in [-0.39, 0.29) is 24.0 Å². The Morgan fingerprint density at radius 1 is 1.52 bits per heavy atom. The number of nitrogens with zero attached hydrogens (tertiary/aromatic N) is 2. The molecule has 2 heterocycles. The van der Waals surface area contributed by atoms with Crippen LogP contribution in [0.5, 0.6) is 0 Å². The van der Waals surface area contributed by atoms with Gasteiger partial charge in [-0.15, -0.1) is 30.6 Å². The number of likely N-dealkylation sites (tertiary alicyclic amines) is 1. The van der Waals surface area contributed by atoms with E-state index in [1.54, 1.807) is 0 Å². The second-order valence-corrected chi connectivity index (χ2v) is 6.72. The molecule has 6 heteroatoms. The molecule has 2 aliphatic heterocycles. The predicted molar refractivity (Wildman–Crippen MR) is 103 cm³/mol. The number of thioether (sulfide) groups is 1. The summed E-state index contributed by atoms with van der Waals surface area (Å²) in [5.41, 5.74) is 0.397. The maximum atomic E-state index is 5.60. The Morgan fingerprint density at radius 2 is 2.38 bits per heavy atom. The van der Waals surface area contributed by atoms with Gasteiger partial charge in [-0.25, -0.2) is 0 Å². The first kappa shape index (κ1) is 19.1. The van der Waals surface area contributed by atoms with Crippen LogP contribution in [0.15, 0.2) is 17.6 Å². The van der Waals surface area contributed by atoms with Crippen molar-refractivity contribution in [1.82, 2.24) is 10.2 Å². The van der Waals surface area contributed by atoms with Gasteiger partial charge in [0.1, 0.15) is 0 Å². The van der Waals surface area contributed by atoms with E-state index in [0.29, 0.717) is 5.41 Å². The first-order valence-electron chi connectivity index (χ1n) is 7.59. The van der Waals surface area contributed by atoms with Crippen LogP contribution in [0.3, 0.4) is 0 Å². The lowest BCUT2D eigenvalue weighted by molar-refractivity contribution is 0.156. The molecule has 0 aromatic heterocycles. The average Bonchev–Trinajstić information content (AvgIpc) is 3.08. The molecule has 1 N–H and O–H groups in total. The van der Waals surface area contributed by atoms with Gasteiger partial charge in [-0.3, -0.25) is 4.99 Å². The van der Waals surface area contributed by atoms with Crippen molar-refractivity contribution in [2.24, 2.45) is 10.4 Å². The van der Waals surface area contributed by atoms with E-state index >= 15 is 0 Å². The summed E-state index contributed by atoms with van der Waals surface area (Å²) < 4.78 is 5.60. The van der Waals surface area contributed by atoms with E-state index in [1.165, 1.54) is 12.8 Å². The van der Waals surface area contributed by atoms with Gasteiger partial charge in [0, 0.05) is 43.2 Å². The van der Waals surface area contributed by atoms with Gasteiger partial charge in [0.05, 0.1) is 13.2 Å². The van der Waals surface area contributed by atoms with E-state index in [9.17, 15) is 0 Å². The smallest absolute Gasteiger partial charge is 0.193 e. The van der Waals surface area contributed by atoms with Crippen molar-refractivity contribution in [2.75, 3.05) is 50.9 Å². The molecule has 2 fully saturated rings. The standard InChI is InChI=1S/C15H27N3OS.HI/c1-3-10-20-11-7-17-14(16-4-2)18-8-5-15(12-18)6-9-19-13-15;/h3H,1,4-13H2,2H3,(H,16,17);1H. The maximum absolute atomic E-state index is 5.60. The summed E-state index contributed by atoms with van der Waals surface area (Å²) in [6.07, 6.45) is 4.39. The number of halogens is 1. The minimum absolute atomic E-state index is 0. The Balaban J connectivity index is 0.00000220. The van der Waals surface area contributed by atoms with Crippen molar-refractivity contribution < 1.29 is 4.74 Å². The molecule has 2 aliphatic rings. The van der Waals surface area contributed by atoms with Crippen LogP contribution in [-0.2, 0) is 4.74 Å². The average molecular weight is 425 g/mol. The fourth-order valence-corrected chi connectivity index (χ4v) is 3.45. The highest BCUT2D eigenvalue weighted by Gasteiger charge is 2.42. The summed E-state index contributed by atoms with van der Waals surface area (Å²) in [6, 6.07) is 0. The Kier molecular flexibility index (Phi) is 9.04. The van der Waals surface area contributed by atoms with Crippen molar-refractivity contribution in [2.45, 2.75) is 19.8 Å². The van der Waals surface area contributed by atoms with Crippen LogP contribution >= 0.6 is 35.7 Å². The minimum atomic E-state index is 0. The van der Waals surface area contributed by atoms with Crippen LogP contribution in [-0.4, -0.2) is 61.8 Å². The molecule has 2 rings (SSSR count). The lowest BCUT2D eigenvalue weighted by Crippen LogP contribution is -2.41. The summed E-state index contributed by atoms with van der Waals surface area (Å²) in [7, 11) is 0. The largest absolute Gasteiger partial charge is 0.381 e. The van der Waals surface area contributed by atoms with Crippen LogP contribution in [0.1, 0.15) is 19.8 Å². The van der Waals surface area contributed by atoms with Crippen LogP contribution < -0.4 is 5.32 Å². The van der Waals surface area contributed by atoms with Crippen molar-refractivity contribution in [3.05, 3.63) is 12.7 Å². The number of guanidine groups is 1. The zero-order valence-corrected chi connectivity index (χ0v) is 16.1. The van der Waals surface area contributed by atoms with Crippen molar-refractivity contribution in [3.8, 4) is 0 Å². The molecule has 0 aromatic carbocycles. The highest BCUT2D eigenvalue weighted by molar-refractivity contribution is 14.0. The normalized spacial score (nSPS) is 25.2. The van der Waals surface area contributed by atoms with Gasteiger partial charge < -0.3 is 15.0 Å². The summed E-state index contributed by atoms with van der Waals surface area (Å²) in [5, 5.41) is 3.43. The van der Waals surface area contributed by atoms with E-state index in [0.717, 1.165) is 56.9 Å². The fourth-order valence-electron chi connectivity index (χ4n) is 2.90. The van der Waals surface area contributed by atoms with Crippen molar-refractivity contribution in [3.63, 3.8) is 0 Å². The molecule has 0 aliphatic carbocycles. The van der Waals surface area contributed by atoms with Crippen molar-refractivity contribution in [1.29, 1.82) is 0 Å². The first-order chi connectivity index (χ1) is 9.79. The Bertz CT molecular complexity index is 346. The molecular formula is C15H28IN3OS. The maximum Gasteiger partial charge on any atom is 0.193 e. The molecule has 1 unspecified atom stereocenters. The molecule has 0 amide bonds. The van der Waals surface area contributed by atoms with Gasteiger partial charge >= 0.3 is 0 Å². The highest BCUT2D eigenvalue weighted by atomic mass is 127. The van der Waals surface area contributed by atoms with Crippen LogP contribution in [0.4, 0.5) is 0 Å². The van der Waals surface area contributed by atoms with E-state index in [1.807, 2.05) is 17.8 Å². The summed E-state index contributed by atoms with van der Waals surface area (Å²) in [5.74, 6) is 3.15. The Labute approximate surface area is 150 Å². The number of nitrogens with one attached hydrogen (secondary N) is 1. The third-order valence-electron chi connectivity index (χ3n) is 3.99. The lowest BCUT2D eigenvalue weighted by atomic mass is 9.87. The van der Waals surface area contributed by atoms with Gasteiger partial charge in [-0.1, -0.05) is 6.08 Å². The van der Waals surface area contributed by atoms with E-state index < -0.39 is 0 Å². The number of ether oxygens (including phenoxy) is 1. The molecule has 21 heavy (non-hydrogen) atoms. The fraction of sp³-hybridized carbons (Fsp3) is 0.800. The predicted octanol–water partition coefficient (Wildman–Crippen LogP) is 2.60. The van der Waals surface area contributed by atoms with Gasteiger partial charge in [0.15, 0.2) is 5.96 Å². The van der Waals surface area contributed by atoms with Gasteiger partial charge in [-0.05, 0) is 19.8 Å². The van der Waals surface area contributed by atoms with Crippen molar-refractivity contribution >= 4 is 41.7 Å². The van der Waals surface area contributed by atoms with E-state index in [2.05, 4.69) is 23.7 Å².